The summed E-state index contributed by atoms with van der Waals surface area (Å²) in [7, 11) is 1.84. The van der Waals surface area contributed by atoms with Gasteiger partial charge in [-0.2, -0.15) is 0 Å². The highest BCUT2D eigenvalue weighted by atomic mass is 16.6. The van der Waals surface area contributed by atoms with Crippen LogP contribution in [0.1, 0.15) is 46.5 Å². The molecule has 2 fully saturated rings. The molecule has 1 amide bonds. The first-order valence-electron chi connectivity index (χ1n) is 7.95. The number of carbonyl (C=O) groups excluding carboxylic acids is 3. The molecular formula is C17H23NO4. The highest BCUT2D eigenvalue weighted by Crippen LogP contribution is 2.69. The third kappa shape index (κ3) is 1.80. The van der Waals surface area contributed by atoms with Crippen LogP contribution in [0.5, 0.6) is 0 Å². The van der Waals surface area contributed by atoms with Gasteiger partial charge in [0.1, 0.15) is 0 Å². The quantitative estimate of drug-likeness (QED) is 0.507. The van der Waals surface area contributed by atoms with Crippen molar-refractivity contribution in [2.75, 3.05) is 13.6 Å². The van der Waals surface area contributed by atoms with Crippen LogP contribution < -0.4 is 0 Å². The number of fused-ring (bicyclic) bond motifs is 4. The number of ether oxygens (including phenoxy) is 1. The summed E-state index contributed by atoms with van der Waals surface area (Å²) in [6.07, 6.45) is 3.81. The van der Waals surface area contributed by atoms with Crippen LogP contribution in [0.4, 0.5) is 0 Å². The molecule has 0 aromatic heterocycles. The van der Waals surface area contributed by atoms with E-state index in [-0.39, 0.29) is 16.7 Å². The van der Waals surface area contributed by atoms with Crippen LogP contribution in [-0.2, 0) is 19.1 Å². The van der Waals surface area contributed by atoms with Crippen molar-refractivity contribution in [1.29, 1.82) is 0 Å². The lowest BCUT2D eigenvalue weighted by Crippen LogP contribution is -2.33. The van der Waals surface area contributed by atoms with Crippen molar-refractivity contribution in [2.24, 2.45) is 16.7 Å². The van der Waals surface area contributed by atoms with Crippen molar-refractivity contribution in [3.05, 3.63) is 11.1 Å². The fraction of sp³-hybridized carbons (Fsp3) is 0.706. The Labute approximate surface area is 130 Å². The van der Waals surface area contributed by atoms with E-state index in [9.17, 15) is 14.4 Å². The average Bonchev–Trinajstić information content (AvgIpc) is 3.06. The van der Waals surface area contributed by atoms with E-state index in [2.05, 4.69) is 20.8 Å². The van der Waals surface area contributed by atoms with Gasteiger partial charge in [0.25, 0.3) is 0 Å². The Bertz CT molecular complexity index is 604. The number of amides is 1. The fourth-order valence-corrected chi connectivity index (χ4v) is 4.48. The van der Waals surface area contributed by atoms with E-state index in [4.69, 9.17) is 4.74 Å². The van der Waals surface area contributed by atoms with Crippen LogP contribution >= 0.6 is 0 Å². The van der Waals surface area contributed by atoms with E-state index >= 15 is 0 Å². The number of carbonyl (C=O) groups is 3. The summed E-state index contributed by atoms with van der Waals surface area (Å²) in [5.41, 5.74) is 1.22. The van der Waals surface area contributed by atoms with Crippen LogP contribution in [-0.4, -0.2) is 36.3 Å². The van der Waals surface area contributed by atoms with E-state index < -0.39 is 11.9 Å². The summed E-state index contributed by atoms with van der Waals surface area (Å²) in [6.45, 7) is 7.36. The van der Waals surface area contributed by atoms with Gasteiger partial charge in [0, 0.05) is 25.4 Å². The first kappa shape index (κ1) is 15.3. The van der Waals surface area contributed by atoms with E-state index in [0.717, 1.165) is 32.2 Å². The van der Waals surface area contributed by atoms with Gasteiger partial charge in [0.2, 0.25) is 5.91 Å². The molecular weight excluding hydrogens is 282 g/mol. The Morgan fingerprint density at radius 1 is 1.14 bits per heavy atom. The predicted octanol–water partition coefficient (Wildman–Crippen LogP) is 2.06. The van der Waals surface area contributed by atoms with Crippen molar-refractivity contribution < 1.29 is 19.1 Å². The minimum absolute atomic E-state index is 0.0206. The Kier molecular flexibility index (Phi) is 3.24. The third-order valence-electron chi connectivity index (χ3n) is 6.32. The topological polar surface area (TPSA) is 63.7 Å². The normalized spacial score (nSPS) is 34.8. The van der Waals surface area contributed by atoms with Gasteiger partial charge in [0.15, 0.2) is 0 Å². The predicted molar refractivity (Wildman–Crippen MR) is 79.6 cm³/mol. The molecule has 0 aromatic carbocycles. The highest BCUT2D eigenvalue weighted by molar-refractivity contribution is 6.14. The second-order valence-corrected chi connectivity index (χ2v) is 7.53. The van der Waals surface area contributed by atoms with Crippen molar-refractivity contribution >= 4 is 17.8 Å². The summed E-state index contributed by atoms with van der Waals surface area (Å²) < 4.78 is 4.72. The van der Waals surface area contributed by atoms with E-state index in [0.29, 0.717) is 17.1 Å². The lowest BCUT2D eigenvalue weighted by atomic mass is 9.67. The Morgan fingerprint density at radius 3 is 2.27 bits per heavy atom. The number of esters is 2. The van der Waals surface area contributed by atoms with Crippen molar-refractivity contribution in [2.45, 2.75) is 46.5 Å². The number of rotatable bonds is 0. The van der Waals surface area contributed by atoms with Crippen molar-refractivity contribution in [3.63, 3.8) is 0 Å². The lowest BCUT2D eigenvalue weighted by Gasteiger charge is -2.36. The van der Waals surface area contributed by atoms with E-state index in [1.54, 1.807) is 4.90 Å². The molecule has 2 aliphatic carbocycles. The first-order valence-corrected chi connectivity index (χ1v) is 7.95. The summed E-state index contributed by atoms with van der Waals surface area (Å²) in [5, 5.41) is 0. The van der Waals surface area contributed by atoms with Gasteiger partial charge in [0.05, 0.1) is 11.1 Å². The molecule has 22 heavy (non-hydrogen) atoms. The molecule has 2 bridgehead atoms. The molecule has 4 rings (SSSR count). The average molecular weight is 305 g/mol. The third-order valence-corrected chi connectivity index (χ3v) is 6.32. The molecule has 2 aliphatic heterocycles. The van der Waals surface area contributed by atoms with Gasteiger partial charge < -0.3 is 9.64 Å². The Hall–Kier alpha value is -1.65. The number of nitrogens with zero attached hydrogens (tertiary/aromatic N) is 1. The maximum absolute atomic E-state index is 11.6. The Balaban J connectivity index is 0.000000174. The van der Waals surface area contributed by atoms with Crippen LogP contribution in [0.3, 0.4) is 0 Å². The molecule has 1 saturated heterocycles. The molecule has 2 unspecified atom stereocenters. The molecule has 2 heterocycles. The zero-order chi connectivity index (χ0) is 16.3. The SMILES string of the molecule is CC12CCC(C3=C1C(=O)OC3=O)C2(C)C.CN1CCCC1=O. The van der Waals surface area contributed by atoms with Gasteiger partial charge in [-0.1, -0.05) is 20.8 Å². The maximum Gasteiger partial charge on any atom is 0.343 e. The molecule has 2 atom stereocenters. The molecule has 0 radical (unpaired) electrons. The molecule has 5 heteroatoms. The van der Waals surface area contributed by atoms with Crippen LogP contribution in [0.25, 0.3) is 0 Å². The maximum atomic E-state index is 11.6. The molecule has 5 nitrogen and oxygen atoms in total. The largest absolute Gasteiger partial charge is 0.386 e. The summed E-state index contributed by atoms with van der Waals surface area (Å²) in [4.78, 5) is 35.5. The van der Waals surface area contributed by atoms with Gasteiger partial charge in [-0.3, -0.25) is 4.79 Å². The summed E-state index contributed by atoms with van der Waals surface area (Å²) in [5.74, 6) is -0.277. The molecule has 0 N–H and O–H groups in total. The fourth-order valence-electron chi connectivity index (χ4n) is 4.48. The zero-order valence-electron chi connectivity index (χ0n) is 13.7. The lowest BCUT2D eigenvalue weighted by molar-refractivity contribution is -0.153. The summed E-state index contributed by atoms with van der Waals surface area (Å²) >= 11 is 0. The van der Waals surface area contributed by atoms with Gasteiger partial charge in [-0.25, -0.2) is 9.59 Å². The highest BCUT2D eigenvalue weighted by Gasteiger charge is 2.66. The molecule has 120 valence electrons. The van der Waals surface area contributed by atoms with E-state index in [1.807, 2.05) is 7.05 Å². The van der Waals surface area contributed by atoms with E-state index in [1.165, 1.54) is 0 Å². The zero-order valence-corrected chi connectivity index (χ0v) is 13.7. The molecule has 4 aliphatic rings. The number of hydrogen-bond acceptors (Lipinski definition) is 4. The minimum Gasteiger partial charge on any atom is -0.386 e. The van der Waals surface area contributed by atoms with Crippen LogP contribution in [0.2, 0.25) is 0 Å². The van der Waals surface area contributed by atoms with Crippen LogP contribution in [0, 0.1) is 16.7 Å². The van der Waals surface area contributed by atoms with Crippen LogP contribution in [0.15, 0.2) is 11.1 Å². The standard InChI is InChI=1S/C12H14O3.C5H9NO/c1-11(2)6-4-5-12(11,3)8-7(6)9(13)15-10(8)14;1-6-4-2-3-5(6)7/h6H,4-5H2,1-3H3;2-4H2,1H3. The number of likely N-dealkylation sites (tertiary alicyclic amines) is 1. The number of cyclic esters (lactones) is 2. The molecule has 0 spiro atoms. The monoisotopic (exact) mass is 305 g/mol. The number of hydrogen-bond donors (Lipinski definition) is 0. The van der Waals surface area contributed by atoms with Gasteiger partial charge in [-0.05, 0) is 30.6 Å². The molecule has 0 aromatic rings. The Morgan fingerprint density at radius 2 is 1.82 bits per heavy atom. The second-order valence-electron chi connectivity index (χ2n) is 7.53. The van der Waals surface area contributed by atoms with Crippen molar-refractivity contribution in [3.8, 4) is 0 Å². The molecule has 1 saturated carbocycles. The first-order chi connectivity index (χ1) is 10.2. The minimum atomic E-state index is -0.396. The smallest absolute Gasteiger partial charge is 0.343 e. The van der Waals surface area contributed by atoms with Gasteiger partial charge in [-0.15, -0.1) is 0 Å². The van der Waals surface area contributed by atoms with Gasteiger partial charge >= 0.3 is 11.9 Å². The van der Waals surface area contributed by atoms with Crippen molar-refractivity contribution in [1.82, 2.24) is 4.90 Å². The second kappa shape index (κ2) is 4.67. The summed E-state index contributed by atoms with van der Waals surface area (Å²) in [6, 6.07) is 0.